The number of rotatable bonds is 1. The normalized spacial score (nSPS) is 48.9. The Kier molecular flexibility index (Phi) is 1.27. The minimum absolute atomic E-state index is 0.0123. The van der Waals surface area contributed by atoms with Gasteiger partial charge in [-0.15, -0.1) is 0 Å². The van der Waals surface area contributed by atoms with E-state index in [2.05, 4.69) is 0 Å². The summed E-state index contributed by atoms with van der Waals surface area (Å²) in [4.78, 5) is 14.1. The molecule has 4 heteroatoms. The number of nitrogens with zero attached hydrogens (tertiary/aromatic N) is 1. The van der Waals surface area contributed by atoms with E-state index in [9.17, 15) is 6.17 Å². The van der Waals surface area contributed by atoms with Crippen molar-refractivity contribution >= 4 is 5.78 Å². The summed E-state index contributed by atoms with van der Waals surface area (Å²) < 4.78 is 83.5. The second-order valence-corrected chi connectivity index (χ2v) is 6.53. The molecular formula is C18H21NO3. The lowest BCUT2D eigenvalue weighted by Crippen LogP contribution is -2.65. The van der Waals surface area contributed by atoms with Crippen LogP contribution in [-0.4, -0.2) is 43.4 Å². The van der Waals surface area contributed by atoms with E-state index in [-0.39, 0.29) is 48.9 Å². The van der Waals surface area contributed by atoms with Crippen molar-refractivity contribution < 1.29 is 26.6 Å². The molecule has 4 atom stereocenters. The molecule has 1 saturated carbocycles. The molecule has 116 valence electrons. The molecule has 22 heavy (non-hydrogen) atoms. The molecule has 4 nitrogen and oxygen atoms in total. The second-order valence-electron chi connectivity index (χ2n) is 6.53. The Balaban J connectivity index is 1.81. The maximum atomic E-state index is 12.9. The molecule has 5 rings (SSSR count). The number of likely N-dealkylation sites (tertiary alicyclic amines) is 1. The van der Waals surface area contributed by atoms with Gasteiger partial charge in [-0.3, -0.25) is 4.79 Å². The average molecular weight is 308 g/mol. The summed E-state index contributed by atoms with van der Waals surface area (Å²) in [6.07, 6.45) is -0.490. The number of ketones is 1. The number of hydrogen-bond acceptors (Lipinski definition) is 4. The van der Waals surface area contributed by atoms with Crippen LogP contribution in [0.15, 0.2) is 12.1 Å². The van der Waals surface area contributed by atoms with Gasteiger partial charge in [0.1, 0.15) is 0 Å². The van der Waals surface area contributed by atoms with Crippen molar-refractivity contribution in [3.63, 3.8) is 0 Å². The monoisotopic (exact) mass is 308 g/mol. The number of methoxy groups -OCH3 is 1. The van der Waals surface area contributed by atoms with E-state index in [0.29, 0.717) is 12.0 Å². The van der Waals surface area contributed by atoms with E-state index < -0.39 is 49.3 Å². The third-order valence-corrected chi connectivity index (χ3v) is 5.78. The Labute approximate surface area is 143 Å². The van der Waals surface area contributed by atoms with Crippen LogP contribution in [-0.2, 0) is 16.6 Å². The molecule has 0 radical (unpaired) electrons. The topological polar surface area (TPSA) is 38.8 Å². The maximum Gasteiger partial charge on any atom is 0.174 e. The van der Waals surface area contributed by atoms with Gasteiger partial charge in [-0.25, -0.2) is 0 Å². The fourth-order valence-electron chi connectivity index (χ4n) is 4.97. The molecule has 1 aromatic rings. The predicted octanol–water partition coefficient (Wildman–Crippen LogP) is 1.93. The molecule has 1 spiro atoms. The first kappa shape index (κ1) is 6.91. The molecule has 2 fully saturated rings. The average Bonchev–Trinajstić information content (AvgIpc) is 2.95. The molecule has 1 unspecified atom stereocenters. The van der Waals surface area contributed by atoms with Gasteiger partial charge in [0, 0.05) is 28.9 Å². The number of benzene rings is 1. The summed E-state index contributed by atoms with van der Waals surface area (Å²) in [6, 6.07) is -2.43. The zero-order valence-corrected chi connectivity index (χ0v) is 11.9. The summed E-state index contributed by atoms with van der Waals surface area (Å²) in [5.74, 6) is -1.17. The summed E-state index contributed by atoms with van der Waals surface area (Å²) in [6.45, 7) is -2.50. The number of hydrogen-bond donors (Lipinski definition) is 0. The van der Waals surface area contributed by atoms with Gasteiger partial charge >= 0.3 is 0 Å². The standard InChI is InChI=1S/C18H21NO3/c1-19-8-7-18-11-4-5-13(20)17(18)22-16-14(21-2)6-3-10(15(16)18)9-12(11)19/h3,6,11-12,17H,4-5,7-9H2,1-2H3/t11-,12+,17?,18-/m0/s1/i1D3,2D3,3D,6D,12D. The lowest BCUT2D eigenvalue weighted by atomic mass is 9.52. The van der Waals surface area contributed by atoms with Crippen LogP contribution >= 0.6 is 0 Å². The van der Waals surface area contributed by atoms with Crippen LogP contribution in [0.25, 0.3) is 0 Å². The van der Waals surface area contributed by atoms with Gasteiger partial charge in [0.25, 0.3) is 0 Å². The Bertz CT molecular complexity index is 1010. The zero-order valence-electron chi connectivity index (χ0n) is 20.9. The highest BCUT2D eigenvalue weighted by Crippen LogP contribution is 2.62. The SMILES string of the molecule is [2H]c1c([2H])c(OC([2H])([2H])[2H])c2c3c1C[C@]1([2H])[C@@H]4CCC(=O)C(O2)[C@]34CCN1C([2H])([2H])[2H]. The van der Waals surface area contributed by atoms with Gasteiger partial charge in [0.15, 0.2) is 23.4 Å². The molecule has 2 bridgehead atoms. The number of carbonyl (C=O) groups excluding carboxylic acids is 1. The van der Waals surface area contributed by atoms with Crippen LogP contribution in [0.1, 0.15) is 42.7 Å². The van der Waals surface area contributed by atoms with Crippen molar-refractivity contribution in [3.8, 4) is 11.5 Å². The van der Waals surface area contributed by atoms with Crippen LogP contribution in [0, 0.1) is 5.92 Å². The highest BCUT2D eigenvalue weighted by atomic mass is 16.5. The van der Waals surface area contributed by atoms with Gasteiger partial charge in [-0.05, 0) is 50.3 Å². The van der Waals surface area contributed by atoms with E-state index in [0.717, 1.165) is 0 Å². The second kappa shape index (κ2) is 4.05. The molecule has 2 aliphatic heterocycles. The number of likely N-dealkylation sites (N-methyl/N-ethyl adjacent to an activating group) is 1. The molecule has 0 aromatic heterocycles. The first-order chi connectivity index (χ1) is 14.2. The summed E-state index contributed by atoms with van der Waals surface area (Å²) in [5.41, 5.74) is -0.294. The van der Waals surface area contributed by atoms with Crippen molar-refractivity contribution in [1.82, 2.24) is 4.90 Å². The molecule has 2 heterocycles. The fraction of sp³-hybridized carbons (Fsp3) is 0.611. The lowest BCUT2D eigenvalue weighted by Gasteiger charge is -2.57. The molecule has 1 saturated heterocycles. The Morgan fingerprint density at radius 3 is 3.41 bits per heavy atom. The number of ether oxygens (including phenoxy) is 2. The number of carbonyl (C=O) groups is 1. The molecule has 4 aliphatic rings. The van der Waals surface area contributed by atoms with Gasteiger partial charge in [-0.2, -0.15) is 0 Å². The molecule has 2 aliphatic carbocycles. The van der Waals surface area contributed by atoms with Crippen LogP contribution in [0.4, 0.5) is 0 Å². The first-order valence-electron chi connectivity index (χ1n) is 12.0. The molecule has 1 aromatic carbocycles. The lowest BCUT2D eigenvalue weighted by molar-refractivity contribution is -0.138. The summed E-state index contributed by atoms with van der Waals surface area (Å²) >= 11 is 0. The predicted molar refractivity (Wildman–Crippen MR) is 81.6 cm³/mol. The number of piperidine rings is 1. The van der Waals surface area contributed by atoms with E-state index in [1.807, 2.05) is 0 Å². The Hall–Kier alpha value is -1.55. The zero-order chi connectivity index (χ0) is 22.7. The molecular weight excluding hydrogens is 278 g/mol. The minimum Gasteiger partial charge on any atom is -0.493 e. The third-order valence-electron chi connectivity index (χ3n) is 5.78. The smallest absolute Gasteiger partial charge is 0.174 e. The molecule has 0 amide bonds. The largest absolute Gasteiger partial charge is 0.493 e. The fourth-order valence-corrected chi connectivity index (χ4v) is 4.97. The van der Waals surface area contributed by atoms with Crippen LogP contribution < -0.4 is 9.47 Å². The van der Waals surface area contributed by atoms with Crippen molar-refractivity contribution in [2.75, 3.05) is 20.6 Å². The van der Waals surface area contributed by atoms with E-state index in [1.165, 1.54) is 4.90 Å². The van der Waals surface area contributed by atoms with E-state index in [1.54, 1.807) is 0 Å². The highest BCUT2D eigenvalue weighted by molar-refractivity contribution is 5.89. The van der Waals surface area contributed by atoms with E-state index >= 15 is 0 Å². The van der Waals surface area contributed by atoms with Crippen LogP contribution in [0.2, 0.25) is 0 Å². The molecule has 0 N–H and O–H groups in total. The van der Waals surface area contributed by atoms with Gasteiger partial charge in [-0.1, -0.05) is 6.04 Å². The Morgan fingerprint density at radius 1 is 1.59 bits per heavy atom. The minimum atomic E-state index is -2.89. The third kappa shape index (κ3) is 1.27. The van der Waals surface area contributed by atoms with Crippen LogP contribution in [0.5, 0.6) is 11.5 Å². The van der Waals surface area contributed by atoms with E-state index in [4.69, 9.17) is 20.4 Å². The van der Waals surface area contributed by atoms with Crippen molar-refractivity contribution in [3.05, 3.63) is 23.2 Å². The van der Waals surface area contributed by atoms with Crippen molar-refractivity contribution in [2.24, 2.45) is 5.92 Å². The maximum absolute atomic E-state index is 12.9. The quantitative estimate of drug-likeness (QED) is 0.795. The number of Topliss-reactive ketones (excluding diaryl/α,β-unsaturated/α-hetero) is 1. The highest BCUT2D eigenvalue weighted by Gasteiger charge is 2.65. The van der Waals surface area contributed by atoms with Gasteiger partial charge in [0.05, 0.1) is 13.9 Å². The van der Waals surface area contributed by atoms with Gasteiger partial charge in [0.2, 0.25) is 0 Å². The Morgan fingerprint density at radius 2 is 2.55 bits per heavy atom. The first-order valence-corrected chi connectivity index (χ1v) is 7.54. The van der Waals surface area contributed by atoms with Gasteiger partial charge < -0.3 is 14.4 Å². The van der Waals surface area contributed by atoms with Crippen LogP contribution in [0.3, 0.4) is 0 Å². The van der Waals surface area contributed by atoms with Crippen molar-refractivity contribution in [2.45, 2.75) is 43.2 Å². The summed E-state index contributed by atoms with van der Waals surface area (Å²) in [5, 5.41) is 0. The summed E-state index contributed by atoms with van der Waals surface area (Å²) in [7, 11) is -2.89. The van der Waals surface area contributed by atoms with Crippen molar-refractivity contribution in [1.29, 1.82) is 0 Å².